The molecule has 148 valence electrons. The number of sulfonamides is 1. The second-order valence-corrected chi connectivity index (χ2v) is 7.10. The second-order valence-electron chi connectivity index (χ2n) is 5.33. The first-order chi connectivity index (χ1) is 12.6. The summed E-state index contributed by atoms with van der Waals surface area (Å²) < 4.78 is 70.4. The molecule has 27 heavy (non-hydrogen) atoms. The fraction of sp³-hybridized carbons (Fsp3) is 0.429. The molecule has 1 aromatic carbocycles. The number of nitrogens with zero attached hydrogens (tertiary/aromatic N) is 4. The predicted octanol–water partition coefficient (Wildman–Crippen LogP) is 1.12. The summed E-state index contributed by atoms with van der Waals surface area (Å²) in [6, 6.07) is 3.17. The smallest absolute Gasteiger partial charge is 0.416 e. The van der Waals surface area contributed by atoms with E-state index in [1.54, 1.807) is 0 Å². The molecule has 0 saturated heterocycles. The van der Waals surface area contributed by atoms with Gasteiger partial charge in [-0.3, -0.25) is 4.79 Å². The van der Waals surface area contributed by atoms with Crippen LogP contribution < -0.4 is 4.72 Å². The highest BCUT2D eigenvalue weighted by atomic mass is 32.2. The van der Waals surface area contributed by atoms with E-state index in [0.29, 0.717) is 12.6 Å². The minimum absolute atomic E-state index is 0.267. The van der Waals surface area contributed by atoms with Gasteiger partial charge in [0.15, 0.2) is 12.4 Å². The summed E-state index contributed by atoms with van der Waals surface area (Å²) in [6.45, 7) is 1.40. The highest BCUT2D eigenvalue weighted by molar-refractivity contribution is 7.89. The van der Waals surface area contributed by atoms with Gasteiger partial charge in [0.25, 0.3) is 0 Å². The molecule has 0 saturated carbocycles. The second kappa shape index (κ2) is 8.43. The molecule has 0 radical (unpaired) electrons. The van der Waals surface area contributed by atoms with Crippen LogP contribution in [0.5, 0.6) is 0 Å². The number of tetrazole rings is 1. The number of benzene rings is 1. The number of esters is 1. The van der Waals surface area contributed by atoms with Crippen molar-refractivity contribution in [2.24, 2.45) is 0 Å². The zero-order valence-electron chi connectivity index (χ0n) is 14.1. The zero-order chi connectivity index (χ0) is 20.1. The van der Waals surface area contributed by atoms with Gasteiger partial charge in [-0.25, -0.2) is 13.1 Å². The number of hydrogen-bond donors (Lipinski definition) is 1. The lowest BCUT2D eigenvalue weighted by atomic mass is 10.2. The molecule has 0 aliphatic rings. The summed E-state index contributed by atoms with van der Waals surface area (Å²) in [5, 5.41) is 10.8. The molecule has 0 aliphatic carbocycles. The molecular formula is C14H16F3N5O4S. The number of carbonyl (C=O) groups excluding carboxylic acids is 1. The summed E-state index contributed by atoms with van der Waals surface area (Å²) in [5.74, 6) is -0.650. The van der Waals surface area contributed by atoms with Gasteiger partial charge in [0.05, 0.1) is 10.5 Å². The first kappa shape index (κ1) is 20.8. The van der Waals surface area contributed by atoms with Gasteiger partial charge in [0.2, 0.25) is 10.0 Å². The number of hydrogen-bond acceptors (Lipinski definition) is 7. The maximum absolute atomic E-state index is 12.7. The molecule has 1 N–H and O–H groups in total. The molecule has 0 aliphatic heterocycles. The maximum atomic E-state index is 12.7. The Labute approximate surface area is 152 Å². The Morgan fingerprint density at radius 2 is 2.07 bits per heavy atom. The molecular weight excluding hydrogens is 391 g/mol. The molecule has 9 nitrogen and oxygen atoms in total. The van der Waals surface area contributed by atoms with E-state index in [1.807, 2.05) is 11.6 Å². The van der Waals surface area contributed by atoms with Gasteiger partial charge in [-0.15, -0.1) is 5.10 Å². The van der Waals surface area contributed by atoms with Crippen molar-refractivity contribution in [3.8, 4) is 0 Å². The fourth-order valence-corrected chi connectivity index (χ4v) is 3.00. The fourth-order valence-electron chi connectivity index (χ4n) is 1.99. The Morgan fingerprint density at radius 1 is 1.33 bits per heavy atom. The Balaban J connectivity index is 1.95. The van der Waals surface area contributed by atoms with Crippen molar-refractivity contribution < 1.29 is 31.1 Å². The Morgan fingerprint density at radius 3 is 2.74 bits per heavy atom. The van der Waals surface area contributed by atoms with Crippen LogP contribution >= 0.6 is 0 Å². The third-order valence-corrected chi connectivity index (χ3v) is 4.68. The maximum Gasteiger partial charge on any atom is 0.416 e. The van der Waals surface area contributed by atoms with Crippen molar-refractivity contribution in [2.75, 3.05) is 6.54 Å². The number of alkyl halides is 3. The minimum atomic E-state index is -4.69. The van der Waals surface area contributed by atoms with Crippen LogP contribution in [0.3, 0.4) is 0 Å². The van der Waals surface area contributed by atoms with Gasteiger partial charge >= 0.3 is 12.1 Å². The highest BCUT2D eigenvalue weighted by Gasteiger charge is 2.31. The van der Waals surface area contributed by atoms with Crippen LogP contribution in [-0.2, 0) is 38.9 Å². The molecule has 2 rings (SSSR count). The van der Waals surface area contributed by atoms with Crippen LogP contribution in [0.25, 0.3) is 0 Å². The van der Waals surface area contributed by atoms with Crippen LogP contribution in [0.15, 0.2) is 29.2 Å². The van der Waals surface area contributed by atoms with Crippen LogP contribution in [0.2, 0.25) is 0 Å². The number of aromatic nitrogens is 4. The molecule has 0 atom stereocenters. The van der Waals surface area contributed by atoms with E-state index >= 15 is 0 Å². The Kier molecular flexibility index (Phi) is 6.49. The zero-order valence-corrected chi connectivity index (χ0v) is 14.9. The van der Waals surface area contributed by atoms with E-state index in [9.17, 15) is 26.4 Å². The number of rotatable bonds is 8. The van der Waals surface area contributed by atoms with Gasteiger partial charge in [-0.1, -0.05) is 13.0 Å². The largest absolute Gasteiger partial charge is 0.456 e. The Hall–Kier alpha value is -2.54. The lowest BCUT2D eigenvalue weighted by molar-refractivity contribution is -0.143. The molecule has 0 unspecified atom stereocenters. The molecule has 2 aromatic rings. The summed E-state index contributed by atoms with van der Waals surface area (Å²) in [7, 11) is -4.32. The van der Waals surface area contributed by atoms with Crippen LogP contribution in [0.4, 0.5) is 13.2 Å². The van der Waals surface area contributed by atoms with Crippen molar-refractivity contribution in [3.63, 3.8) is 0 Å². The minimum Gasteiger partial charge on any atom is -0.456 e. The summed E-state index contributed by atoms with van der Waals surface area (Å²) in [6.07, 6.45) is -3.93. The third kappa shape index (κ3) is 5.72. The van der Waals surface area contributed by atoms with Crippen molar-refractivity contribution in [1.82, 2.24) is 24.9 Å². The topological polar surface area (TPSA) is 116 Å². The number of carbonyl (C=O) groups is 1. The van der Waals surface area contributed by atoms with Crippen molar-refractivity contribution >= 4 is 16.0 Å². The van der Waals surface area contributed by atoms with Gasteiger partial charge in [0, 0.05) is 6.54 Å². The van der Waals surface area contributed by atoms with Gasteiger partial charge < -0.3 is 4.74 Å². The van der Waals surface area contributed by atoms with Gasteiger partial charge in [-0.05, 0) is 35.0 Å². The van der Waals surface area contributed by atoms with Crippen LogP contribution in [-0.4, -0.2) is 41.1 Å². The lowest BCUT2D eigenvalue weighted by Gasteiger charge is -2.10. The average Bonchev–Trinajstić information content (AvgIpc) is 3.05. The van der Waals surface area contributed by atoms with E-state index in [1.165, 1.54) is 4.68 Å². The van der Waals surface area contributed by atoms with Crippen molar-refractivity contribution in [3.05, 3.63) is 35.7 Å². The van der Waals surface area contributed by atoms with E-state index in [0.717, 1.165) is 24.6 Å². The SMILES string of the molecule is CCCn1nnnc1COC(=O)CNS(=O)(=O)c1cccc(C(F)(F)F)c1. The monoisotopic (exact) mass is 407 g/mol. The molecule has 1 aromatic heterocycles. The van der Waals surface area contributed by atoms with Crippen LogP contribution in [0, 0.1) is 0 Å². The first-order valence-electron chi connectivity index (χ1n) is 7.71. The summed E-state index contributed by atoms with van der Waals surface area (Å²) in [4.78, 5) is 11.1. The number of nitrogens with one attached hydrogen (secondary N) is 1. The van der Waals surface area contributed by atoms with Crippen molar-refractivity contribution in [2.45, 2.75) is 37.6 Å². The van der Waals surface area contributed by atoms with E-state index < -0.39 is 39.2 Å². The van der Waals surface area contributed by atoms with Crippen LogP contribution in [0.1, 0.15) is 24.7 Å². The molecule has 0 fully saturated rings. The first-order valence-corrected chi connectivity index (χ1v) is 9.19. The highest BCUT2D eigenvalue weighted by Crippen LogP contribution is 2.30. The van der Waals surface area contributed by atoms with E-state index in [4.69, 9.17) is 4.74 Å². The molecule has 13 heteroatoms. The molecule has 0 spiro atoms. The van der Waals surface area contributed by atoms with Gasteiger partial charge in [0.1, 0.15) is 6.54 Å². The summed E-state index contributed by atoms with van der Waals surface area (Å²) in [5.41, 5.74) is -1.12. The molecule has 1 heterocycles. The average molecular weight is 407 g/mol. The molecule has 0 amide bonds. The quantitative estimate of drug-likeness (QED) is 0.652. The van der Waals surface area contributed by atoms with E-state index in [2.05, 4.69) is 15.5 Å². The Bertz CT molecular complexity index is 898. The predicted molar refractivity (Wildman–Crippen MR) is 84.5 cm³/mol. The number of halogens is 3. The van der Waals surface area contributed by atoms with Crippen molar-refractivity contribution in [1.29, 1.82) is 0 Å². The summed E-state index contributed by atoms with van der Waals surface area (Å²) >= 11 is 0. The van der Waals surface area contributed by atoms with E-state index in [-0.39, 0.29) is 12.4 Å². The normalized spacial score (nSPS) is 12.1. The van der Waals surface area contributed by atoms with Gasteiger partial charge in [-0.2, -0.15) is 17.9 Å². The number of ether oxygens (including phenoxy) is 1. The standard InChI is InChI=1S/C14H16F3N5O4S/c1-2-6-22-12(19-20-21-22)9-26-13(23)8-18-27(24,25)11-5-3-4-10(7-11)14(15,16)17/h3-5,7,18H,2,6,8-9H2,1H3. The number of aryl methyl sites for hydroxylation is 1. The molecule has 0 bridgehead atoms. The third-order valence-electron chi connectivity index (χ3n) is 3.28. The lowest BCUT2D eigenvalue weighted by Crippen LogP contribution is -2.31.